The average molecular weight is 718 g/mol. The Morgan fingerprint density at radius 1 is 0.692 bits per heavy atom. The van der Waals surface area contributed by atoms with Gasteiger partial charge in [-0.1, -0.05) is 24.3 Å². The summed E-state index contributed by atoms with van der Waals surface area (Å²) in [5.41, 5.74) is 0.799. The Kier molecular flexibility index (Phi) is 11.6. The summed E-state index contributed by atoms with van der Waals surface area (Å²) in [6.07, 6.45) is 2.34. The first-order valence-corrected chi connectivity index (χ1v) is 18.2. The fourth-order valence-corrected chi connectivity index (χ4v) is 6.91. The zero-order chi connectivity index (χ0) is 37.8. The van der Waals surface area contributed by atoms with Crippen molar-refractivity contribution in [1.29, 1.82) is 0 Å². The van der Waals surface area contributed by atoms with Gasteiger partial charge in [-0.15, -0.1) is 0 Å². The predicted octanol–water partition coefficient (Wildman–Crippen LogP) is 5.55. The first-order valence-electron chi connectivity index (χ1n) is 18.2. The molecule has 0 aromatic heterocycles. The van der Waals surface area contributed by atoms with Crippen LogP contribution in [0.4, 0.5) is 21.0 Å². The monoisotopic (exact) mass is 717 g/mol. The number of rotatable bonds is 11. The van der Waals surface area contributed by atoms with Gasteiger partial charge in [0.15, 0.2) is 17.3 Å². The Bertz CT molecular complexity index is 1600. The lowest BCUT2D eigenvalue weighted by molar-refractivity contribution is -0.125. The number of Topliss-reactive ketones (excluding diaryl/α,β-unsaturated/α-hetero) is 1. The van der Waals surface area contributed by atoms with Crippen LogP contribution in [0, 0.1) is 0 Å². The minimum Gasteiger partial charge on any atom is -0.444 e. The molecule has 2 aromatic carbocycles. The van der Waals surface area contributed by atoms with E-state index >= 15 is 0 Å². The number of benzene rings is 2. The third-order valence-corrected chi connectivity index (χ3v) is 9.16. The second-order valence-corrected chi connectivity index (χ2v) is 15.5. The number of nitrogens with one attached hydrogen (secondary N) is 3. The number of fused-ring (bicyclic) bond motifs is 2. The van der Waals surface area contributed by atoms with E-state index in [4.69, 9.17) is 9.47 Å². The molecular weight excluding hydrogens is 666 g/mol. The third kappa shape index (κ3) is 8.91. The minimum absolute atomic E-state index is 0.0265. The van der Waals surface area contributed by atoms with Gasteiger partial charge in [0.25, 0.3) is 0 Å². The summed E-state index contributed by atoms with van der Waals surface area (Å²) >= 11 is 0. The van der Waals surface area contributed by atoms with Gasteiger partial charge in [-0.25, -0.2) is 9.59 Å². The highest BCUT2D eigenvalue weighted by Gasteiger charge is 2.38. The van der Waals surface area contributed by atoms with E-state index in [1.165, 1.54) is 9.80 Å². The van der Waals surface area contributed by atoms with Crippen LogP contribution in [0.1, 0.15) is 112 Å². The highest BCUT2D eigenvalue weighted by molar-refractivity contribution is 6.31. The summed E-state index contributed by atoms with van der Waals surface area (Å²) in [4.78, 5) is 82.0. The van der Waals surface area contributed by atoms with Crippen LogP contribution in [0.2, 0.25) is 0 Å². The lowest BCUT2D eigenvalue weighted by atomic mass is 9.82. The molecule has 5 rings (SSSR count). The van der Waals surface area contributed by atoms with Crippen molar-refractivity contribution < 1.29 is 38.2 Å². The summed E-state index contributed by atoms with van der Waals surface area (Å²) in [5.74, 6) is -0.881. The molecule has 3 amide bonds. The Hall–Kier alpha value is -4.94. The standard InChI is InChI=1S/C39H51N5O8/c1-38(2,3)51-36(49)43-22-10-16-28(43)30(45)18-9-19-40-26-14-7-12-24-31(26)33(46)25-13-8-15-27(32(25)34(24)47)41-20-21-42-35(48)29-17-11-23-44(29)37(50)52-39(4,5)6/h7-8,12-15,28-29,40-41H,9-11,16-23H2,1-6H3,(H,42,48). The van der Waals surface area contributed by atoms with Crippen molar-refractivity contribution in [1.82, 2.24) is 15.1 Å². The van der Waals surface area contributed by atoms with Gasteiger partial charge in [-0.2, -0.15) is 0 Å². The first kappa shape index (κ1) is 38.3. The zero-order valence-electron chi connectivity index (χ0n) is 31.1. The predicted molar refractivity (Wildman–Crippen MR) is 196 cm³/mol. The van der Waals surface area contributed by atoms with Gasteiger partial charge < -0.3 is 25.4 Å². The molecule has 3 N–H and O–H groups in total. The molecule has 13 nitrogen and oxygen atoms in total. The summed E-state index contributed by atoms with van der Waals surface area (Å²) < 4.78 is 11.0. The Morgan fingerprint density at radius 2 is 1.17 bits per heavy atom. The summed E-state index contributed by atoms with van der Waals surface area (Å²) in [6, 6.07) is 9.05. The van der Waals surface area contributed by atoms with Gasteiger partial charge in [0.2, 0.25) is 5.91 Å². The molecule has 2 aromatic rings. The smallest absolute Gasteiger partial charge is 0.410 e. The zero-order valence-corrected chi connectivity index (χ0v) is 31.1. The number of ether oxygens (including phenoxy) is 2. The maximum absolute atomic E-state index is 13.9. The normalized spacial score (nSPS) is 18.4. The van der Waals surface area contributed by atoms with E-state index < -0.39 is 35.5 Å². The molecule has 0 radical (unpaired) electrons. The maximum atomic E-state index is 13.9. The van der Waals surface area contributed by atoms with E-state index in [0.29, 0.717) is 56.7 Å². The second kappa shape index (κ2) is 15.7. The molecular formula is C39H51N5O8. The van der Waals surface area contributed by atoms with Gasteiger partial charge >= 0.3 is 12.2 Å². The number of ketones is 3. The molecule has 280 valence electrons. The van der Waals surface area contributed by atoms with Gasteiger partial charge in [0.1, 0.15) is 17.2 Å². The van der Waals surface area contributed by atoms with Crippen LogP contribution in [0.25, 0.3) is 0 Å². The summed E-state index contributed by atoms with van der Waals surface area (Å²) in [6.45, 7) is 12.6. The Labute approximate surface area is 305 Å². The van der Waals surface area contributed by atoms with E-state index in [0.717, 1.165) is 6.42 Å². The van der Waals surface area contributed by atoms with Gasteiger partial charge in [-0.05, 0) is 85.8 Å². The van der Waals surface area contributed by atoms with Crippen LogP contribution in [-0.2, 0) is 19.1 Å². The number of nitrogens with zero attached hydrogens (tertiary/aromatic N) is 2. The molecule has 2 saturated heterocycles. The first-order chi connectivity index (χ1) is 24.6. The van der Waals surface area contributed by atoms with E-state index in [1.807, 2.05) is 0 Å². The van der Waals surface area contributed by atoms with Crippen LogP contribution in [0.5, 0.6) is 0 Å². The van der Waals surface area contributed by atoms with Crippen molar-refractivity contribution in [2.75, 3.05) is 43.4 Å². The van der Waals surface area contributed by atoms with Crippen LogP contribution in [-0.4, -0.2) is 101 Å². The topological polar surface area (TPSA) is 163 Å². The number of carbonyl (C=O) groups excluding carboxylic acids is 6. The van der Waals surface area contributed by atoms with Gasteiger partial charge in [-0.3, -0.25) is 29.0 Å². The molecule has 1 aliphatic carbocycles. The number of amides is 3. The van der Waals surface area contributed by atoms with E-state index in [1.54, 1.807) is 77.9 Å². The van der Waals surface area contributed by atoms with Crippen LogP contribution in [0.15, 0.2) is 36.4 Å². The molecule has 2 aliphatic heterocycles. The molecule has 2 atom stereocenters. The van der Waals surface area contributed by atoms with E-state index in [-0.39, 0.29) is 65.0 Å². The maximum Gasteiger partial charge on any atom is 0.410 e. The van der Waals surface area contributed by atoms with Crippen molar-refractivity contribution in [3.63, 3.8) is 0 Å². The fraction of sp³-hybridized carbons (Fsp3) is 0.538. The van der Waals surface area contributed by atoms with Crippen molar-refractivity contribution in [3.8, 4) is 0 Å². The highest BCUT2D eigenvalue weighted by Crippen LogP contribution is 2.35. The van der Waals surface area contributed by atoms with E-state index in [2.05, 4.69) is 16.0 Å². The SMILES string of the molecule is CC(C)(C)OC(=O)N1CCCC1C(=O)CCCNc1cccc2c1C(=O)c1cccc(NCCNC(=O)C3CCCN3C(=O)OC(C)(C)C)c1C2=O. The quantitative estimate of drug-likeness (QED) is 0.214. The highest BCUT2D eigenvalue weighted by atomic mass is 16.6. The van der Waals surface area contributed by atoms with Crippen molar-refractivity contribution in [3.05, 3.63) is 58.7 Å². The third-order valence-electron chi connectivity index (χ3n) is 9.16. The molecule has 3 aliphatic rings. The lowest BCUT2D eigenvalue weighted by Crippen LogP contribution is -2.48. The van der Waals surface area contributed by atoms with Crippen LogP contribution >= 0.6 is 0 Å². The number of hydrogen-bond donors (Lipinski definition) is 3. The molecule has 2 unspecified atom stereocenters. The number of carbonyl (C=O) groups is 6. The molecule has 13 heteroatoms. The second-order valence-electron chi connectivity index (χ2n) is 15.5. The molecule has 2 fully saturated rings. The van der Waals surface area contributed by atoms with E-state index in [9.17, 15) is 28.8 Å². The van der Waals surface area contributed by atoms with Crippen LogP contribution < -0.4 is 16.0 Å². The molecule has 0 spiro atoms. The summed E-state index contributed by atoms with van der Waals surface area (Å²) in [7, 11) is 0. The molecule has 2 heterocycles. The number of hydrogen-bond acceptors (Lipinski definition) is 10. The Balaban J connectivity index is 1.16. The average Bonchev–Trinajstić information content (AvgIpc) is 3.77. The molecule has 0 saturated carbocycles. The Morgan fingerprint density at radius 3 is 1.69 bits per heavy atom. The van der Waals surface area contributed by atoms with Crippen molar-refractivity contribution in [2.24, 2.45) is 0 Å². The van der Waals surface area contributed by atoms with Crippen molar-refractivity contribution in [2.45, 2.75) is 103 Å². The number of likely N-dealkylation sites (tertiary alicyclic amines) is 2. The van der Waals surface area contributed by atoms with Gasteiger partial charge in [0, 0.05) is 61.6 Å². The van der Waals surface area contributed by atoms with Crippen molar-refractivity contribution >= 4 is 46.8 Å². The number of anilines is 2. The van der Waals surface area contributed by atoms with Gasteiger partial charge in [0.05, 0.1) is 17.2 Å². The lowest BCUT2D eigenvalue weighted by Gasteiger charge is -2.28. The van der Waals surface area contributed by atoms with Crippen LogP contribution in [0.3, 0.4) is 0 Å². The molecule has 52 heavy (non-hydrogen) atoms. The fourth-order valence-electron chi connectivity index (χ4n) is 6.91. The largest absolute Gasteiger partial charge is 0.444 e. The summed E-state index contributed by atoms with van der Waals surface area (Å²) in [5, 5.41) is 9.33. The molecule has 0 bridgehead atoms. The minimum atomic E-state index is -0.664.